The molecule has 0 aromatic carbocycles. The Bertz CT molecular complexity index is 208. The molecule has 0 amide bonds. The molecule has 4 nitrogen and oxygen atoms in total. The van der Waals surface area contributed by atoms with Crippen LogP contribution in [0.15, 0.2) is 5.16 Å². The maximum Gasteiger partial charge on any atom is 0.183 e. The van der Waals surface area contributed by atoms with Crippen LogP contribution in [-0.2, 0) is 4.79 Å². The minimum atomic E-state index is -0.159. The summed E-state index contributed by atoms with van der Waals surface area (Å²) in [6.45, 7) is 7.87. The van der Waals surface area contributed by atoms with Gasteiger partial charge in [0.15, 0.2) is 11.5 Å². The van der Waals surface area contributed by atoms with Gasteiger partial charge in [0.05, 0.1) is 20.1 Å². The van der Waals surface area contributed by atoms with Crippen LogP contribution in [0.1, 0.15) is 20.8 Å². The quantitative estimate of drug-likeness (QED) is 0.301. The zero-order valence-electron chi connectivity index (χ0n) is 8.87. The van der Waals surface area contributed by atoms with E-state index in [9.17, 15) is 4.79 Å². The first-order chi connectivity index (χ1) is 5.99. The van der Waals surface area contributed by atoms with Crippen LogP contribution < -0.4 is 0 Å². The van der Waals surface area contributed by atoms with Crippen molar-refractivity contribution in [2.45, 2.75) is 20.8 Å². The fourth-order valence-corrected chi connectivity index (χ4v) is 1.02. The van der Waals surface area contributed by atoms with Crippen LogP contribution in [0.2, 0.25) is 0 Å². The monoisotopic (exact) mass is 187 g/mol. The van der Waals surface area contributed by atoms with Crippen LogP contribution >= 0.6 is 0 Å². The first-order valence-corrected chi connectivity index (χ1v) is 4.54. The van der Waals surface area contributed by atoms with Crippen molar-refractivity contribution in [1.29, 1.82) is 0 Å². The standard InChI is InChI=1S/C9H18N2O2/c1-5-11(4,6-2)7-9(10-13)8(3)12/h5-7H2,1-4H3/p+1. The van der Waals surface area contributed by atoms with Crippen LogP contribution in [0.3, 0.4) is 0 Å². The van der Waals surface area contributed by atoms with Crippen LogP contribution in [0.25, 0.3) is 0 Å². The van der Waals surface area contributed by atoms with E-state index in [-0.39, 0.29) is 11.5 Å². The molecule has 0 aromatic rings. The highest BCUT2D eigenvalue weighted by molar-refractivity contribution is 6.39. The second-order valence-corrected chi connectivity index (χ2v) is 3.51. The number of hydrogen-bond donors (Lipinski definition) is 1. The van der Waals surface area contributed by atoms with Crippen molar-refractivity contribution in [3.8, 4) is 0 Å². The van der Waals surface area contributed by atoms with Gasteiger partial charge in [-0.15, -0.1) is 0 Å². The fraction of sp³-hybridized carbons (Fsp3) is 0.778. The van der Waals surface area contributed by atoms with E-state index in [2.05, 4.69) is 19.0 Å². The van der Waals surface area contributed by atoms with Crippen molar-refractivity contribution in [2.75, 3.05) is 26.7 Å². The van der Waals surface area contributed by atoms with Gasteiger partial charge in [0.2, 0.25) is 0 Å². The van der Waals surface area contributed by atoms with Gasteiger partial charge in [0.25, 0.3) is 0 Å². The van der Waals surface area contributed by atoms with Crippen LogP contribution in [-0.4, -0.2) is 47.9 Å². The summed E-state index contributed by atoms with van der Waals surface area (Å²) in [6.07, 6.45) is 0. The number of oxime groups is 1. The summed E-state index contributed by atoms with van der Waals surface area (Å²) < 4.78 is 0.721. The van der Waals surface area contributed by atoms with Crippen molar-refractivity contribution in [3.63, 3.8) is 0 Å². The zero-order valence-corrected chi connectivity index (χ0v) is 8.87. The molecular formula is C9H19N2O2+. The highest BCUT2D eigenvalue weighted by Gasteiger charge is 2.22. The van der Waals surface area contributed by atoms with E-state index >= 15 is 0 Å². The van der Waals surface area contributed by atoms with Gasteiger partial charge in [-0.05, 0) is 13.8 Å². The van der Waals surface area contributed by atoms with E-state index in [1.165, 1.54) is 6.92 Å². The molecule has 0 aromatic heterocycles. The maximum atomic E-state index is 11.0. The molecule has 0 spiro atoms. The van der Waals surface area contributed by atoms with E-state index in [0.29, 0.717) is 6.54 Å². The molecule has 0 atom stereocenters. The second-order valence-electron chi connectivity index (χ2n) is 3.51. The Kier molecular flexibility index (Phi) is 4.62. The third-order valence-electron chi connectivity index (χ3n) is 2.59. The minimum absolute atomic E-state index is 0.159. The smallest absolute Gasteiger partial charge is 0.183 e. The normalized spacial score (nSPS) is 13.1. The van der Waals surface area contributed by atoms with Crippen LogP contribution in [0, 0.1) is 0 Å². The molecule has 0 heterocycles. The summed E-state index contributed by atoms with van der Waals surface area (Å²) in [5, 5.41) is 11.6. The second kappa shape index (κ2) is 4.97. The Morgan fingerprint density at radius 3 is 2.08 bits per heavy atom. The first kappa shape index (κ1) is 12.1. The van der Waals surface area contributed by atoms with Crippen LogP contribution in [0.4, 0.5) is 0 Å². The number of quaternary nitrogens is 1. The number of carbonyl (C=O) groups excluding carboxylic acids is 1. The van der Waals surface area contributed by atoms with Crippen molar-refractivity contribution in [2.24, 2.45) is 5.16 Å². The minimum Gasteiger partial charge on any atom is -0.410 e. The Morgan fingerprint density at radius 1 is 1.38 bits per heavy atom. The van der Waals surface area contributed by atoms with Crippen molar-refractivity contribution < 1.29 is 14.5 Å². The van der Waals surface area contributed by atoms with Crippen molar-refractivity contribution in [3.05, 3.63) is 0 Å². The van der Waals surface area contributed by atoms with Gasteiger partial charge in [-0.1, -0.05) is 5.16 Å². The number of carbonyl (C=O) groups is 1. The van der Waals surface area contributed by atoms with Gasteiger partial charge >= 0.3 is 0 Å². The molecule has 0 saturated carbocycles. The molecule has 0 rings (SSSR count). The number of nitrogens with zero attached hydrogens (tertiary/aromatic N) is 2. The SMILES string of the molecule is CC[N+](C)(CC)C/C(=N/O)C(C)=O. The van der Waals surface area contributed by atoms with Gasteiger partial charge in [-0.25, -0.2) is 0 Å². The topological polar surface area (TPSA) is 49.7 Å². The average molecular weight is 187 g/mol. The Hall–Kier alpha value is -0.900. The lowest BCUT2D eigenvalue weighted by Crippen LogP contribution is -2.48. The summed E-state index contributed by atoms with van der Waals surface area (Å²) in [5.41, 5.74) is 0.256. The molecule has 0 radical (unpaired) electrons. The lowest BCUT2D eigenvalue weighted by molar-refractivity contribution is -0.897. The van der Waals surface area contributed by atoms with Gasteiger partial charge in [0.1, 0.15) is 6.54 Å². The summed E-state index contributed by atoms with van der Waals surface area (Å²) in [7, 11) is 2.04. The van der Waals surface area contributed by atoms with Crippen LogP contribution in [0.5, 0.6) is 0 Å². The van der Waals surface area contributed by atoms with E-state index in [4.69, 9.17) is 5.21 Å². The molecule has 4 heteroatoms. The lowest BCUT2D eigenvalue weighted by atomic mass is 10.2. The molecule has 0 bridgehead atoms. The van der Waals surface area contributed by atoms with Gasteiger partial charge in [0, 0.05) is 6.92 Å². The predicted molar refractivity (Wildman–Crippen MR) is 52.0 cm³/mol. The summed E-state index contributed by atoms with van der Waals surface area (Å²) in [4.78, 5) is 11.0. The molecule has 0 unspecified atom stereocenters. The third-order valence-corrected chi connectivity index (χ3v) is 2.59. The van der Waals surface area contributed by atoms with Crippen molar-refractivity contribution in [1.82, 2.24) is 0 Å². The molecule has 1 N–H and O–H groups in total. The van der Waals surface area contributed by atoms with E-state index in [1.54, 1.807) is 0 Å². The average Bonchev–Trinajstić information content (AvgIpc) is 2.13. The number of Topliss-reactive ketones (excluding diaryl/α,β-unsaturated/α-hetero) is 1. The van der Waals surface area contributed by atoms with Gasteiger partial charge < -0.3 is 9.69 Å². The number of hydrogen-bond acceptors (Lipinski definition) is 3. The lowest BCUT2D eigenvalue weighted by Gasteiger charge is -2.31. The molecule has 0 aliphatic carbocycles. The maximum absolute atomic E-state index is 11.0. The van der Waals surface area contributed by atoms with Gasteiger partial charge in [-0.2, -0.15) is 0 Å². The molecule has 13 heavy (non-hydrogen) atoms. The zero-order chi connectivity index (χ0) is 10.5. The first-order valence-electron chi connectivity index (χ1n) is 4.54. The molecule has 0 fully saturated rings. The summed E-state index contributed by atoms with van der Waals surface area (Å²) in [6, 6.07) is 0. The highest BCUT2D eigenvalue weighted by Crippen LogP contribution is 2.02. The predicted octanol–water partition coefficient (Wildman–Crippen LogP) is 0.892. The molecule has 0 aliphatic heterocycles. The fourth-order valence-electron chi connectivity index (χ4n) is 1.02. The van der Waals surface area contributed by atoms with E-state index in [0.717, 1.165) is 17.6 Å². The third kappa shape index (κ3) is 3.55. The molecular weight excluding hydrogens is 168 g/mol. The molecule has 76 valence electrons. The Morgan fingerprint density at radius 2 is 1.85 bits per heavy atom. The van der Waals surface area contributed by atoms with Crippen molar-refractivity contribution >= 4 is 11.5 Å². The van der Waals surface area contributed by atoms with Gasteiger partial charge in [-0.3, -0.25) is 4.79 Å². The Balaban J connectivity index is 4.47. The highest BCUT2D eigenvalue weighted by atomic mass is 16.4. The summed E-state index contributed by atoms with van der Waals surface area (Å²) >= 11 is 0. The largest absolute Gasteiger partial charge is 0.410 e. The van der Waals surface area contributed by atoms with E-state index < -0.39 is 0 Å². The summed E-state index contributed by atoms with van der Waals surface area (Å²) in [5.74, 6) is -0.159. The number of ketones is 1. The number of rotatable bonds is 5. The van der Waals surface area contributed by atoms with E-state index in [1.807, 2.05) is 7.05 Å². The molecule has 0 aliphatic rings. The Labute approximate surface area is 79.4 Å². The molecule has 0 saturated heterocycles.